The first-order valence-electron chi connectivity index (χ1n) is 17.0. The van der Waals surface area contributed by atoms with Crippen molar-refractivity contribution in [3.05, 3.63) is 71.3 Å². The van der Waals surface area contributed by atoms with Crippen LogP contribution >= 0.6 is 0 Å². The molecule has 2 saturated heterocycles. The largest absolute Gasteiger partial charge is 0.297 e. The van der Waals surface area contributed by atoms with E-state index in [1.807, 2.05) is 0 Å². The van der Waals surface area contributed by atoms with Gasteiger partial charge < -0.3 is 0 Å². The molecule has 2 aliphatic carbocycles. The van der Waals surface area contributed by atoms with Gasteiger partial charge in [0.05, 0.1) is 0 Å². The molecule has 6 rings (SSSR count). The van der Waals surface area contributed by atoms with Crippen LogP contribution in [0.4, 0.5) is 0 Å². The number of hydrogen-bond acceptors (Lipinski definition) is 4. The van der Waals surface area contributed by atoms with Crippen LogP contribution in [0.5, 0.6) is 0 Å². The smallest absolute Gasteiger partial charge is 0.157 e. The quantitative estimate of drug-likeness (QED) is 0.368. The zero-order chi connectivity index (χ0) is 29.5. The number of nitrogens with zero attached hydrogens (tertiary/aromatic N) is 2. The second-order valence-corrected chi connectivity index (χ2v) is 14.5. The minimum Gasteiger partial charge on any atom is -0.297 e. The maximum atomic E-state index is 13.9. The van der Waals surface area contributed by atoms with Crippen molar-refractivity contribution in [2.45, 2.75) is 115 Å². The van der Waals surface area contributed by atoms with Gasteiger partial charge in [-0.3, -0.25) is 19.4 Å². The highest BCUT2D eigenvalue weighted by atomic mass is 16.1. The third kappa shape index (κ3) is 5.01. The average molecular weight is 569 g/mol. The lowest BCUT2D eigenvalue weighted by Crippen LogP contribution is -2.60. The second-order valence-electron chi connectivity index (χ2n) is 14.5. The van der Waals surface area contributed by atoms with Crippen LogP contribution in [-0.4, -0.2) is 47.0 Å². The first-order chi connectivity index (χ1) is 20.3. The minimum atomic E-state index is -0.499. The molecule has 0 amide bonds. The van der Waals surface area contributed by atoms with Gasteiger partial charge in [0.15, 0.2) is 11.6 Å². The fraction of sp³-hybridized carbons (Fsp3) is 0.632. The lowest BCUT2D eigenvalue weighted by molar-refractivity contribution is -0.140. The number of ketones is 2. The van der Waals surface area contributed by atoms with Gasteiger partial charge in [-0.1, -0.05) is 88.2 Å². The highest BCUT2D eigenvalue weighted by molar-refractivity contribution is 5.91. The van der Waals surface area contributed by atoms with Gasteiger partial charge in [0.1, 0.15) is 11.1 Å². The Morgan fingerprint density at radius 2 is 1.36 bits per heavy atom. The van der Waals surface area contributed by atoms with Gasteiger partial charge in [-0.2, -0.15) is 0 Å². The predicted octanol–water partition coefficient (Wildman–Crippen LogP) is 7.86. The van der Waals surface area contributed by atoms with Crippen LogP contribution in [0.15, 0.2) is 54.6 Å². The summed E-state index contributed by atoms with van der Waals surface area (Å²) in [5, 5.41) is 0. The van der Waals surface area contributed by atoms with Crippen molar-refractivity contribution in [3.8, 4) is 0 Å². The van der Waals surface area contributed by atoms with E-state index < -0.39 is 11.1 Å². The van der Waals surface area contributed by atoms with Crippen LogP contribution in [0.1, 0.15) is 115 Å². The first-order valence-corrected chi connectivity index (χ1v) is 17.0. The molecule has 2 saturated carbocycles. The van der Waals surface area contributed by atoms with Crippen LogP contribution in [0, 0.1) is 17.8 Å². The summed E-state index contributed by atoms with van der Waals surface area (Å²) in [4.78, 5) is 32.9. The summed E-state index contributed by atoms with van der Waals surface area (Å²) in [5.41, 5.74) is 2.82. The van der Waals surface area contributed by atoms with Gasteiger partial charge >= 0.3 is 0 Å². The molecule has 4 fully saturated rings. The summed E-state index contributed by atoms with van der Waals surface area (Å²) in [6.07, 6.45) is 9.72. The molecule has 0 aromatic heterocycles. The summed E-state index contributed by atoms with van der Waals surface area (Å²) < 4.78 is 0. The third-order valence-corrected chi connectivity index (χ3v) is 12.0. The van der Waals surface area contributed by atoms with Crippen molar-refractivity contribution >= 4 is 11.6 Å². The summed E-state index contributed by atoms with van der Waals surface area (Å²) >= 11 is 0. The highest BCUT2D eigenvalue weighted by Gasteiger charge is 2.51. The summed E-state index contributed by atoms with van der Waals surface area (Å²) in [5.74, 6) is 3.00. The Labute approximate surface area is 254 Å². The maximum absolute atomic E-state index is 13.9. The van der Waals surface area contributed by atoms with Crippen LogP contribution in [0.3, 0.4) is 0 Å². The van der Waals surface area contributed by atoms with Gasteiger partial charge in [0, 0.05) is 32.0 Å². The van der Waals surface area contributed by atoms with E-state index in [0.29, 0.717) is 54.1 Å². The van der Waals surface area contributed by atoms with Gasteiger partial charge in [0.25, 0.3) is 0 Å². The molecule has 0 N–H and O–H groups in total. The number of benzene rings is 2. The lowest BCUT2D eigenvalue weighted by Gasteiger charge is -2.53. The summed E-state index contributed by atoms with van der Waals surface area (Å²) in [6, 6.07) is 20.1. The Hall–Kier alpha value is -2.30. The van der Waals surface area contributed by atoms with E-state index in [-0.39, 0.29) is 0 Å². The zero-order valence-electron chi connectivity index (χ0n) is 26.5. The van der Waals surface area contributed by atoms with Crippen LogP contribution < -0.4 is 0 Å². The Bertz CT molecular complexity index is 1270. The number of likely N-dealkylation sites (tertiary alicyclic amines) is 2. The van der Waals surface area contributed by atoms with Crippen molar-refractivity contribution in [1.82, 2.24) is 9.80 Å². The molecule has 0 bridgehead atoms. The monoisotopic (exact) mass is 568 g/mol. The highest BCUT2D eigenvalue weighted by Crippen LogP contribution is 2.48. The van der Waals surface area contributed by atoms with Crippen molar-refractivity contribution in [1.29, 1.82) is 0 Å². The maximum Gasteiger partial charge on any atom is 0.157 e. The van der Waals surface area contributed by atoms with Crippen molar-refractivity contribution < 1.29 is 9.59 Å². The molecule has 4 aliphatic rings. The molecular formula is C38H52N2O2. The van der Waals surface area contributed by atoms with E-state index in [1.165, 1.54) is 23.1 Å². The zero-order valence-corrected chi connectivity index (χ0v) is 26.5. The lowest BCUT2D eigenvalue weighted by atomic mass is 9.69. The van der Waals surface area contributed by atoms with Gasteiger partial charge in [-0.15, -0.1) is 0 Å². The Morgan fingerprint density at radius 3 is 2.02 bits per heavy atom. The minimum absolute atomic E-state index is 0.298. The normalized spacial score (nSPS) is 37.1. The Balaban J connectivity index is 1.31. The van der Waals surface area contributed by atoms with E-state index in [0.717, 1.165) is 64.6 Å². The molecule has 0 spiro atoms. The van der Waals surface area contributed by atoms with E-state index in [4.69, 9.17) is 0 Å². The van der Waals surface area contributed by atoms with Crippen LogP contribution in [0.25, 0.3) is 0 Å². The number of hydrogen-bond donors (Lipinski definition) is 0. The summed E-state index contributed by atoms with van der Waals surface area (Å²) in [6.45, 7) is 12.4. The SMILES string of the molecule is CC1CCN(C2(c3cccc(C4CC(C)N(C5(c6ccccc6)CCCCC5=O)CC4C)c3)CCCCC2=O)CC1C. The number of Topliss-reactive ketones (excluding diaryl/α,β-unsaturated/α-hetero) is 2. The van der Waals surface area contributed by atoms with E-state index >= 15 is 0 Å². The molecule has 2 aliphatic heterocycles. The van der Waals surface area contributed by atoms with E-state index in [2.05, 4.69) is 92.1 Å². The standard InChI is InChI=1S/C38H52N2O2/c1-27-19-22-39(25-28(27)2)37(20-10-8-17-35(37)41)33-16-12-13-31(24-33)34-23-30(4)40(26-29(34)3)38(21-11-9-18-36(38)42)32-14-6-5-7-15-32/h5-7,12-16,24,27-30,34H,8-11,17-23,25-26H2,1-4H3. The molecular weight excluding hydrogens is 516 g/mol. The topological polar surface area (TPSA) is 40.6 Å². The first kappa shape index (κ1) is 29.8. The van der Waals surface area contributed by atoms with Gasteiger partial charge in [-0.05, 0) is 92.4 Å². The molecule has 4 nitrogen and oxygen atoms in total. The molecule has 7 atom stereocenters. The van der Waals surface area contributed by atoms with Crippen LogP contribution in [-0.2, 0) is 20.7 Å². The molecule has 2 aromatic carbocycles. The molecule has 4 heteroatoms. The second kappa shape index (κ2) is 12.0. The van der Waals surface area contributed by atoms with Gasteiger partial charge in [0.2, 0.25) is 0 Å². The summed E-state index contributed by atoms with van der Waals surface area (Å²) in [7, 11) is 0. The van der Waals surface area contributed by atoms with Crippen molar-refractivity contribution in [2.75, 3.05) is 19.6 Å². The Kier molecular flexibility index (Phi) is 8.50. The molecule has 2 heterocycles. The van der Waals surface area contributed by atoms with E-state index in [1.54, 1.807) is 0 Å². The van der Waals surface area contributed by atoms with E-state index in [9.17, 15) is 9.59 Å². The molecule has 0 radical (unpaired) electrons. The molecule has 42 heavy (non-hydrogen) atoms. The third-order valence-electron chi connectivity index (χ3n) is 12.0. The van der Waals surface area contributed by atoms with Crippen molar-refractivity contribution in [3.63, 3.8) is 0 Å². The Morgan fingerprint density at radius 1 is 0.690 bits per heavy atom. The fourth-order valence-corrected chi connectivity index (χ4v) is 9.31. The number of carbonyl (C=O) groups excluding carboxylic acids is 2. The molecule has 226 valence electrons. The predicted molar refractivity (Wildman–Crippen MR) is 170 cm³/mol. The van der Waals surface area contributed by atoms with Gasteiger partial charge in [-0.25, -0.2) is 0 Å². The fourth-order valence-electron chi connectivity index (χ4n) is 9.31. The number of carbonyl (C=O) groups is 2. The molecule has 7 unspecified atom stereocenters. The molecule has 2 aromatic rings. The van der Waals surface area contributed by atoms with Crippen LogP contribution in [0.2, 0.25) is 0 Å². The number of piperidine rings is 2. The average Bonchev–Trinajstić information content (AvgIpc) is 3.01. The number of rotatable bonds is 5. The van der Waals surface area contributed by atoms with Crippen molar-refractivity contribution in [2.24, 2.45) is 17.8 Å².